The maximum Gasteiger partial charge on any atom is 0.0901 e. The summed E-state index contributed by atoms with van der Waals surface area (Å²) in [6.07, 6.45) is 4.93. The molecule has 0 unspecified atom stereocenters. The molecule has 3 heteroatoms. The molecule has 1 aromatic heterocycles. The molecule has 0 fully saturated rings. The number of thiazole rings is 1. The second-order valence-electron chi connectivity index (χ2n) is 5.25. The first-order valence-corrected chi connectivity index (χ1v) is 8.40. The Bertz CT molecular complexity index is 510. The van der Waals surface area contributed by atoms with E-state index in [-0.39, 0.29) is 0 Å². The van der Waals surface area contributed by atoms with E-state index >= 15 is 0 Å². The highest BCUT2D eigenvalue weighted by atomic mass is 32.1. The van der Waals surface area contributed by atoms with Gasteiger partial charge in [0.2, 0.25) is 0 Å². The molecule has 108 valence electrons. The highest BCUT2D eigenvalue weighted by molar-refractivity contribution is 7.09. The van der Waals surface area contributed by atoms with E-state index in [0.29, 0.717) is 6.04 Å². The largest absolute Gasteiger partial charge is 0.382 e. The second kappa shape index (κ2) is 7.44. The molecule has 20 heavy (non-hydrogen) atoms. The Balaban J connectivity index is 2.03. The van der Waals surface area contributed by atoms with Crippen molar-refractivity contribution in [1.29, 1.82) is 0 Å². The normalized spacial score (nSPS) is 11.0. The smallest absolute Gasteiger partial charge is 0.0901 e. The maximum absolute atomic E-state index is 4.53. The van der Waals surface area contributed by atoms with Crippen LogP contribution in [-0.2, 0) is 0 Å². The van der Waals surface area contributed by atoms with Gasteiger partial charge in [-0.2, -0.15) is 0 Å². The fraction of sp³-hybridized carbons (Fsp3) is 0.471. The SMILES string of the molecule is CCCC(CCC)Nc1ccc(-c2csc(C)n2)cc1. The lowest BCUT2D eigenvalue weighted by atomic mass is 10.1. The number of rotatable bonds is 7. The minimum Gasteiger partial charge on any atom is -0.382 e. The van der Waals surface area contributed by atoms with Gasteiger partial charge in [-0.1, -0.05) is 38.8 Å². The summed E-state index contributed by atoms with van der Waals surface area (Å²) in [4.78, 5) is 4.53. The third-order valence-electron chi connectivity index (χ3n) is 3.44. The molecular weight excluding hydrogens is 264 g/mol. The van der Waals surface area contributed by atoms with Crippen LogP contribution in [0.5, 0.6) is 0 Å². The van der Waals surface area contributed by atoms with Crippen molar-refractivity contribution in [1.82, 2.24) is 4.98 Å². The molecule has 0 aliphatic heterocycles. The van der Waals surface area contributed by atoms with Gasteiger partial charge >= 0.3 is 0 Å². The Morgan fingerprint density at radius 1 is 1.10 bits per heavy atom. The van der Waals surface area contributed by atoms with E-state index in [0.717, 1.165) is 10.7 Å². The van der Waals surface area contributed by atoms with Gasteiger partial charge in [0.15, 0.2) is 0 Å². The number of aryl methyl sites for hydroxylation is 1. The number of hydrogen-bond donors (Lipinski definition) is 1. The molecule has 0 radical (unpaired) electrons. The van der Waals surface area contributed by atoms with Gasteiger partial charge in [0, 0.05) is 22.7 Å². The molecule has 0 aliphatic carbocycles. The van der Waals surface area contributed by atoms with Crippen molar-refractivity contribution >= 4 is 17.0 Å². The highest BCUT2D eigenvalue weighted by Crippen LogP contribution is 2.24. The molecule has 1 N–H and O–H groups in total. The Morgan fingerprint density at radius 3 is 2.25 bits per heavy atom. The van der Waals surface area contributed by atoms with Gasteiger partial charge < -0.3 is 5.32 Å². The van der Waals surface area contributed by atoms with Gasteiger partial charge in [-0.3, -0.25) is 0 Å². The zero-order chi connectivity index (χ0) is 14.4. The molecule has 2 rings (SSSR count). The van der Waals surface area contributed by atoms with Crippen LogP contribution in [0.3, 0.4) is 0 Å². The van der Waals surface area contributed by atoms with E-state index in [9.17, 15) is 0 Å². The molecule has 2 aromatic rings. The summed E-state index contributed by atoms with van der Waals surface area (Å²) in [5, 5.41) is 6.89. The van der Waals surface area contributed by atoms with Crippen molar-refractivity contribution in [2.24, 2.45) is 0 Å². The Morgan fingerprint density at radius 2 is 1.75 bits per heavy atom. The van der Waals surface area contributed by atoms with Crippen LogP contribution in [0, 0.1) is 6.92 Å². The van der Waals surface area contributed by atoms with E-state index in [2.05, 4.69) is 53.8 Å². The van der Waals surface area contributed by atoms with Gasteiger partial charge in [0.1, 0.15) is 0 Å². The molecule has 0 saturated carbocycles. The van der Waals surface area contributed by atoms with Crippen molar-refractivity contribution in [2.75, 3.05) is 5.32 Å². The van der Waals surface area contributed by atoms with Crippen LogP contribution < -0.4 is 5.32 Å². The molecule has 0 saturated heterocycles. The number of nitrogens with zero attached hydrogens (tertiary/aromatic N) is 1. The predicted octanol–water partition coefficient (Wildman–Crippen LogP) is 5.50. The van der Waals surface area contributed by atoms with E-state index in [1.54, 1.807) is 11.3 Å². The lowest BCUT2D eigenvalue weighted by molar-refractivity contribution is 0.586. The molecule has 1 aromatic carbocycles. The fourth-order valence-corrected chi connectivity index (χ4v) is 3.08. The van der Waals surface area contributed by atoms with Gasteiger partial charge in [-0.15, -0.1) is 11.3 Å². The Kier molecular flexibility index (Phi) is 5.60. The van der Waals surface area contributed by atoms with Crippen molar-refractivity contribution in [2.45, 2.75) is 52.5 Å². The van der Waals surface area contributed by atoms with E-state index in [1.165, 1.54) is 36.9 Å². The second-order valence-corrected chi connectivity index (χ2v) is 6.31. The molecule has 0 bridgehead atoms. The first-order chi connectivity index (χ1) is 9.72. The first kappa shape index (κ1) is 15.0. The van der Waals surface area contributed by atoms with Crippen LogP contribution in [-0.4, -0.2) is 11.0 Å². The van der Waals surface area contributed by atoms with E-state index < -0.39 is 0 Å². The Hall–Kier alpha value is -1.35. The molecule has 2 nitrogen and oxygen atoms in total. The number of anilines is 1. The summed E-state index contributed by atoms with van der Waals surface area (Å²) in [5.74, 6) is 0. The van der Waals surface area contributed by atoms with E-state index in [4.69, 9.17) is 0 Å². The van der Waals surface area contributed by atoms with Crippen molar-refractivity contribution in [3.63, 3.8) is 0 Å². The number of aromatic nitrogens is 1. The zero-order valence-corrected chi connectivity index (χ0v) is 13.5. The van der Waals surface area contributed by atoms with Crippen LogP contribution in [0.2, 0.25) is 0 Å². The topological polar surface area (TPSA) is 24.9 Å². The Labute approximate surface area is 126 Å². The predicted molar refractivity (Wildman–Crippen MR) is 89.5 cm³/mol. The average molecular weight is 288 g/mol. The first-order valence-electron chi connectivity index (χ1n) is 7.52. The summed E-state index contributed by atoms with van der Waals surface area (Å²) in [7, 11) is 0. The monoisotopic (exact) mass is 288 g/mol. The summed E-state index contributed by atoms with van der Waals surface area (Å²) in [5.41, 5.74) is 3.49. The molecule has 1 heterocycles. The minimum atomic E-state index is 0.595. The third kappa shape index (κ3) is 4.07. The zero-order valence-electron chi connectivity index (χ0n) is 12.6. The fourth-order valence-electron chi connectivity index (χ4n) is 2.45. The quantitative estimate of drug-likeness (QED) is 0.727. The van der Waals surface area contributed by atoms with Crippen molar-refractivity contribution < 1.29 is 0 Å². The minimum absolute atomic E-state index is 0.595. The van der Waals surface area contributed by atoms with Gasteiger partial charge in [0.25, 0.3) is 0 Å². The summed E-state index contributed by atoms with van der Waals surface area (Å²) in [6.45, 7) is 6.54. The van der Waals surface area contributed by atoms with Crippen molar-refractivity contribution in [3.8, 4) is 11.3 Å². The van der Waals surface area contributed by atoms with Crippen LogP contribution in [0.15, 0.2) is 29.6 Å². The summed E-state index contributed by atoms with van der Waals surface area (Å²) in [6, 6.07) is 9.25. The van der Waals surface area contributed by atoms with Crippen LogP contribution >= 0.6 is 11.3 Å². The van der Waals surface area contributed by atoms with Gasteiger partial charge in [-0.25, -0.2) is 4.98 Å². The van der Waals surface area contributed by atoms with Gasteiger partial charge in [-0.05, 0) is 31.9 Å². The summed E-state index contributed by atoms with van der Waals surface area (Å²) >= 11 is 1.70. The molecule has 0 spiro atoms. The molecule has 0 atom stereocenters. The number of benzene rings is 1. The standard InChI is InChI=1S/C17H24N2S/c1-4-6-15(7-5-2)19-16-10-8-14(9-11-16)17-12-20-13(3)18-17/h8-12,15,19H,4-7H2,1-3H3. The maximum atomic E-state index is 4.53. The van der Waals surface area contributed by atoms with Crippen molar-refractivity contribution in [3.05, 3.63) is 34.7 Å². The molecule has 0 aliphatic rings. The molecule has 0 amide bonds. The van der Waals surface area contributed by atoms with E-state index in [1.807, 2.05) is 6.92 Å². The number of nitrogens with one attached hydrogen (secondary N) is 1. The molecular formula is C17H24N2S. The lowest BCUT2D eigenvalue weighted by Gasteiger charge is -2.18. The number of hydrogen-bond acceptors (Lipinski definition) is 3. The summed E-state index contributed by atoms with van der Waals surface area (Å²) < 4.78 is 0. The van der Waals surface area contributed by atoms with Crippen LogP contribution in [0.1, 0.15) is 44.5 Å². The highest BCUT2D eigenvalue weighted by Gasteiger charge is 2.07. The van der Waals surface area contributed by atoms with Crippen LogP contribution in [0.25, 0.3) is 11.3 Å². The third-order valence-corrected chi connectivity index (χ3v) is 4.22. The van der Waals surface area contributed by atoms with Gasteiger partial charge in [0.05, 0.1) is 10.7 Å². The van der Waals surface area contributed by atoms with Crippen LogP contribution in [0.4, 0.5) is 5.69 Å². The lowest BCUT2D eigenvalue weighted by Crippen LogP contribution is -2.18. The average Bonchev–Trinajstić information content (AvgIpc) is 2.87.